The number of carbonyl (C=O) groups excluding carboxylic acids is 3. The summed E-state index contributed by atoms with van der Waals surface area (Å²) in [5.41, 5.74) is -1.39. The van der Waals surface area contributed by atoms with Crippen LogP contribution in [0.15, 0.2) is 24.3 Å². The van der Waals surface area contributed by atoms with Crippen molar-refractivity contribution in [2.24, 2.45) is 17.8 Å². The van der Waals surface area contributed by atoms with Crippen LogP contribution in [-0.4, -0.2) is 71.3 Å². The van der Waals surface area contributed by atoms with E-state index in [0.29, 0.717) is 30.8 Å². The Morgan fingerprint density at radius 1 is 1.22 bits per heavy atom. The third kappa shape index (κ3) is 4.06. The van der Waals surface area contributed by atoms with Crippen LogP contribution < -0.4 is 15.4 Å². The van der Waals surface area contributed by atoms with E-state index < -0.39 is 35.1 Å². The highest BCUT2D eigenvalue weighted by Gasteiger charge is 2.78. The van der Waals surface area contributed by atoms with E-state index in [9.17, 15) is 19.5 Å². The number of hydrogen-bond acceptors (Lipinski definition) is 6. The second-order valence-electron chi connectivity index (χ2n) is 10.6. The number of aliphatic hydroxyl groups is 1. The van der Waals surface area contributed by atoms with Gasteiger partial charge in [-0.1, -0.05) is 27.2 Å². The monoisotopic (exact) mass is 501 g/mol. The van der Waals surface area contributed by atoms with Crippen LogP contribution in [0.2, 0.25) is 0 Å². The van der Waals surface area contributed by atoms with Crippen LogP contribution in [0.5, 0.6) is 5.75 Å². The SMILES string of the molecule is CCCNC(=O)[C@@H]1[C@H]2C(=O)N([C@@H](CO)[C@@H](C)CC)C(C(=O)Nc3ccc(OC)cc3)C23CC[C@@]1(C)O3. The fraction of sp³-hybridized carbons (Fsp3) is 0.667. The lowest BCUT2D eigenvalue weighted by molar-refractivity contribution is -0.149. The fourth-order valence-electron chi connectivity index (χ4n) is 6.48. The first-order valence-electron chi connectivity index (χ1n) is 13.0. The van der Waals surface area contributed by atoms with Crippen molar-refractivity contribution in [3.05, 3.63) is 24.3 Å². The summed E-state index contributed by atoms with van der Waals surface area (Å²) < 4.78 is 11.8. The van der Waals surface area contributed by atoms with Gasteiger partial charge in [0.2, 0.25) is 17.7 Å². The fourth-order valence-corrected chi connectivity index (χ4v) is 6.48. The molecule has 0 aromatic heterocycles. The summed E-state index contributed by atoms with van der Waals surface area (Å²) in [6.45, 7) is 8.04. The highest BCUT2D eigenvalue weighted by molar-refractivity contribution is 6.04. The number of methoxy groups -OCH3 is 1. The summed E-state index contributed by atoms with van der Waals surface area (Å²) in [5, 5.41) is 16.3. The van der Waals surface area contributed by atoms with Gasteiger partial charge in [-0.3, -0.25) is 14.4 Å². The first-order chi connectivity index (χ1) is 17.2. The molecule has 0 saturated carbocycles. The summed E-state index contributed by atoms with van der Waals surface area (Å²) in [5.74, 6) is -1.74. The van der Waals surface area contributed by atoms with Crippen molar-refractivity contribution in [2.75, 3.05) is 25.6 Å². The van der Waals surface area contributed by atoms with Gasteiger partial charge in [-0.05, 0) is 56.4 Å². The second kappa shape index (κ2) is 10.0. The van der Waals surface area contributed by atoms with Crippen LogP contribution in [0.25, 0.3) is 0 Å². The molecule has 1 spiro atoms. The molecule has 0 aliphatic carbocycles. The van der Waals surface area contributed by atoms with Crippen molar-refractivity contribution in [3.63, 3.8) is 0 Å². The van der Waals surface area contributed by atoms with Gasteiger partial charge in [0, 0.05) is 12.2 Å². The van der Waals surface area contributed by atoms with E-state index in [2.05, 4.69) is 10.6 Å². The van der Waals surface area contributed by atoms with Gasteiger partial charge >= 0.3 is 0 Å². The van der Waals surface area contributed by atoms with Crippen molar-refractivity contribution < 1.29 is 29.0 Å². The topological polar surface area (TPSA) is 117 Å². The van der Waals surface area contributed by atoms with Crippen LogP contribution in [-0.2, 0) is 19.1 Å². The number of hydrogen-bond donors (Lipinski definition) is 3. The summed E-state index contributed by atoms with van der Waals surface area (Å²) >= 11 is 0. The third-order valence-electron chi connectivity index (χ3n) is 8.50. The van der Waals surface area contributed by atoms with E-state index >= 15 is 0 Å². The van der Waals surface area contributed by atoms with Gasteiger partial charge < -0.3 is 30.1 Å². The molecule has 2 bridgehead atoms. The molecule has 3 aliphatic heterocycles. The zero-order chi connectivity index (χ0) is 26.3. The predicted molar refractivity (Wildman–Crippen MR) is 134 cm³/mol. The smallest absolute Gasteiger partial charge is 0.250 e. The zero-order valence-electron chi connectivity index (χ0n) is 21.9. The largest absolute Gasteiger partial charge is 0.497 e. The lowest BCUT2D eigenvalue weighted by Crippen LogP contribution is -2.57. The summed E-state index contributed by atoms with van der Waals surface area (Å²) in [4.78, 5) is 42.9. The van der Waals surface area contributed by atoms with Crippen molar-refractivity contribution in [2.45, 2.75) is 76.7 Å². The molecule has 2 unspecified atom stereocenters. The van der Waals surface area contributed by atoms with Crippen molar-refractivity contribution in [1.82, 2.24) is 10.2 Å². The third-order valence-corrected chi connectivity index (χ3v) is 8.50. The molecule has 3 N–H and O–H groups in total. The molecule has 1 aromatic carbocycles. The van der Waals surface area contributed by atoms with Crippen molar-refractivity contribution >= 4 is 23.4 Å². The first kappa shape index (κ1) is 26.4. The Kier molecular flexibility index (Phi) is 7.35. The average molecular weight is 502 g/mol. The maximum absolute atomic E-state index is 14.1. The molecule has 3 fully saturated rings. The van der Waals surface area contributed by atoms with Crippen molar-refractivity contribution in [1.29, 1.82) is 0 Å². The number of likely N-dealkylation sites (tertiary alicyclic amines) is 1. The molecule has 4 rings (SSSR count). The molecular weight excluding hydrogens is 462 g/mol. The molecule has 3 aliphatic rings. The minimum absolute atomic E-state index is 0.0504. The first-order valence-corrected chi connectivity index (χ1v) is 13.0. The molecule has 3 heterocycles. The maximum atomic E-state index is 14.1. The van der Waals surface area contributed by atoms with Crippen LogP contribution in [0.3, 0.4) is 0 Å². The maximum Gasteiger partial charge on any atom is 0.250 e. The number of nitrogens with one attached hydrogen (secondary N) is 2. The summed E-state index contributed by atoms with van der Waals surface area (Å²) in [6, 6.07) is 5.44. The Labute approximate surface area is 212 Å². The number of fused-ring (bicyclic) bond motifs is 1. The molecule has 9 nitrogen and oxygen atoms in total. The zero-order valence-corrected chi connectivity index (χ0v) is 21.9. The van der Waals surface area contributed by atoms with E-state index in [1.807, 2.05) is 27.7 Å². The molecular formula is C27H39N3O6. The van der Waals surface area contributed by atoms with Gasteiger partial charge in [0.15, 0.2) is 0 Å². The molecule has 7 atom stereocenters. The molecule has 36 heavy (non-hydrogen) atoms. The predicted octanol–water partition coefficient (Wildman–Crippen LogP) is 2.33. The molecule has 9 heteroatoms. The van der Waals surface area contributed by atoms with E-state index in [1.54, 1.807) is 31.4 Å². The number of carbonyl (C=O) groups is 3. The van der Waals surface area contributed by atoms with Gasteiger partial charge in [-0.25, -0.2) is 0 Å². The quantitative estimate of drug-likeness (QED) is 0.453. The van der Waals surface area contributed by atoms with Gasteiger partial charge in [0.1, 0.15) is 17.4 Å². The number of aliphatic hydroxyl groups excluding tert-OH is 1. The van der Waals surface area contributed by atoms with Crippen molar-refractivity contribution in [3.8, 4) is 5.75 Å². The Balaban J connectivity index is 1.75. The van der Waals surface area contributed by atoms with Crippen LogP contribution >= 0.6 is 0 Å². The normalized spacial score (nSPS) is 32.2. The second-order valence-corrected chi connectivity index (χ2v) is 10.6. The summed E-state index contributed by atoms with van der Waals surface area (Å²) in [6.07, 6.45) is 2.57. The highest BCUT2D eigenvalue weighted by Crippen LogP contribution is 2.63. The number of anilines is 1. The molecule has 0 radical (unpaired) electrons. The molecule has 3 amide bonds. The standard InChI is InChI=1S/C27H39N3O6/c1-6-14-28-23(32)20-21-25(34)30(19(15-31)16(3)7-2)22(27(21)13-12-26(20,4)36-27)24(33)29-17-8-10-18(35-5)11-9-17/h8-11,16,19-22,31H,6-7,12-15H2,1-5H3,(H,28,32)(H,29,33)/t16-,19-,20-,21-,22?,26+,27?/m0/s1. The average Bonchev–Trinajstić information content (AvgIpc) is 3.44. The molecule has 1 aromatic rings. The Bertz CT molecular complexity index is 1000. The highest BCUT2D eigenvalue weighted by atomic mass is 16.5. The lowest BCUT2D eigenvalue weighted by atomic mass is 9.66. The minimum Gasteiger partial charge on any atom is -0.497 e. The minimum atomic E-state index is -1.13. The van der Waals surface area contributed by atoms with Crippen LogP contribution in [0, 0.1) is 17.8 Å². The Hall–Kier alpha value is -2.65. The van der Waals surface area contributed by atoms with Gasteiger partial charge in [-0.15, -0.1) is 0 Å². The van der Waals surface area contributed by atoms with Gasteiger partial charge in [0.25, 0.3) is 0 Å². The van der Waals surface area contributed by atoms with Crippen LogP contribution in [0.1, 0.15) is 53.4 Å². The lowest BCUT2D eigenvalue weighted by Gasteiger charge is -2.39. The number of amides is 3. The van der Waals surface area contributed by atoms with E-state index in [4.69, 9.17) is 9.47 Å². The van der Waals surface area contributed by atoms with E-state index in [0.717, 1.165) is 12.8 Å². The molecule has 198 valence electrons. The van der Waals surface area contributed by atoms with Gasteiger partial charge in [-0.2, -0.15) is 0 Å². The molecule has 3 saturated heterocycles. The van der Waals surface area contributed by atoms with Gasteiger partial charge in [0.05, 0.1) is 37.2 Å². The van der Waals surface area contributed by atoms with E-state index in [1.165, 1.54) is 4.90 Å². The Morgan fingerprint density at radius 2 is 1.92 bits per heavy atom. The van der Waals surface area contributed by atoms with Crippen LogP contribution in [0.4, 0.5) is 5.69 Å². The number of nitrogens with zero attached hydrogens (tertiary/aromatic N) is 1. The number of rotatable bonds is 10. The number of ether oxygens (including phenoxy) is 2. The summed E-state index contributed by atoms with van der Waals surface area (Å²) in [7, 11) is 1.57. The van der Waals surface area contributed by atoms with E-state index in [-0.39, 0.29) is 30.2 Å². The number of benzene rings is 1. The Morgan fingerprint density at radius 3 is 2.50 bits per heavy atom.